The molecule has 2 heterocycles. The van der Waals surface area contributed by atoms with Crippen LogP contribution in [0.5, 0.6) is 0 Å². The lowest BCUT2D eigenvalue weighted by Crippen LogP contribution is -2.30. The molecule has 1 aliphatic rings. The number of anilines is 1. The highest BCUT2D eigenvalue weighted by atomic mass is 16.4. The number of carbonyl (C=O) groups is 2. The van der Waals surface area contributed by atoms with Crippen molar-refractivity contribution in [1.82, 2.24) is 4.98 Å². The molecule has 3 aromatic rings. The highest BCUT2D eigenvalue weighted by Gasteiger charge is 2.33. The van der Waals surface area contributed by atoms with Gasteiger partial charge in [-0.25, -0.2) is 0 Å². The van der Waals surface area contributed by atoms with Gasteiger partial charge >= 0.3 is 5.97 Å². The van der Waals surface area contributed by atoms with E-state index >= 15 is 0 Å². The molecule has 2 N–H and O–H groups in total. The molecule has 0 saturated carbocycles. The molecule has 120 valence electrons. The zero-order valence-electron chi connectivity index (χ0n) is 12.9. The average molecular weight is 320 g/mol. The van der Waals surface area contributed by atoms with Crippen molar-refractivity contribution in [3.05, 3.63) is 65.9 Å². The lowest BCUT2D eigenvalue weighted by atomic mass is 9.98. The molecule has 1 amide bonds. The maximum absolute atomic E-state index is 13.0. The monoisotopic (exact) mass is 320 g/mol. The van der Waals surface area contributed by atoms with E-state index in [0.717, 1.165) is 22.2 Å². The van der Waals surface area contributed by atoms with Crippen LogP contribution in [0.15, 0.2) is 54.7 Å². The Hall–Kier alpha value is -3.08. The predicted molar refractivity (Wildman–Crippen MR) is 91.4 cm³/mol. The van der Waals surface area contributed by atoms with E-state index in [1.165, 1.54) is 0 Å². The van der Waals surface area contributed by atoms with Crippen LogP contribution in [0.2, 0.25) is 0 Å². The van der Waals surface area contributed by atoms with Gasteiger partial charge < -0.3 is 15.0 Å². The fourth-order valence-electron chi connectivity index (χ4n) is 3.42. The summed E-state index contributed by atoms with van der Waals surface area (Å²) in [6.07, 6.45) is 1.87. The number of H-pyrrole nitrogens is 1. The maximum atomic E-state index is 13.0. The Bertz CT molecular complexity index is 944. The Balaban J connectivity index is 1.70. The first-order valence-corrected chi connectivity index (χ1v) is 7.83. The number of benzene rings is 2. The quantitative estimate of drug-likeness (QED) is 0.777. The summed E-state index contributed by atoms with van der Waals surface area (Å²) < 4.78 is 0. The number of para-hydroxylation sites is 1. The SMILES string of the molecule is O=C(O)CC1CN(C(=O)c2ccc3[nH]ccc3c2)c2ccccc21. The third-order valence-electron chi connectivity index (χ3n) is 4.54. The summed E-state index contributed by atoms with van der Waals surface area (Å²) in [5.74, 6) is -1.12. The van der Waals surface area contributed by atoms with E-state index in [1.807, 2.05) is 48.7 Å². The summed E-state index contributed by atoms with van der Waals surface area (Å²) in [5, 5.41) is 10.1. The van der Waals surface area contributed by atoms with Crippen LogP contribution in [0.1, 0.15) is 28.3 Å². The van der Waals surface area contributed by atoms with E-state index in [9.17, 15) is 9.59 Å². The van der Waals surface area contributed by atoms with Gasteiger partial charge in [0.05, 0.1) is 6.42 Å². The van der Waals surface area contributed by atoms with Gasteiger partial charge in [0, 0.05) is 40.8 Å². The second kappa shape index (κ2) is 5.53. The highest BCUT2D eigenvalue weighted by molar-refractivity contribution is 6.09. The number of aromatic nitrogens is 1. The number of aliphatic carboxylic acids is 1. The van der Waals surface area contributed by atoms with Crippen LogP contribution in [0.3, 0.4) is 0 Å². The van der Waals surface area contributed by atoms with Crippen LogP contribution in [0.25, 0.3) is 10.9 Å². The van der Waals surface area contributed by atoms with Gasteiger partial charge in [0.25, 0.3) is 5.91 Å². The Morgan fingerprint density at radius 1 is 1.17 bits per heavy atom. The molecule has 0 saturated heterocycles. The fraction of sp³-hybridized carbons (Fsp3) is 0.158. The van der Waals surface area contributed by atoms with Gasteiger partial charge in [0.1, 0.15) is 0 Å². The van der Waals surface area contributed by atoms with Gasteiger partial charge in [-0.2, -0.15) is 0 Å². The number of carboxylic acids is 1. The molecule has 1 unspecified atom stereocenters. The molecule has 0 bridgehead atoms. The molecular weight excluding hydrogens is 304 g/mol. The molecule has 0 fully saturated rings. The molecule has 5 nitrogen and oxygen atoms in total. The summed E-state index contributed by atoms with van der Waals surface area (Å²) in [7, 11) is 0. The van der Waals surface area contributed by atoms with Crippen molar-refractivity contribution in [3.8, 4) is 0 Å². The summed E-state index contributed by atoms with van der Waals surface area (Å²) in [5.41, 5.74) is 3.32. The highest BCUT2D eigenvalue weighted by Crippen LogP contribution is 2.38. The Labute approximate surface area is 138 Å². The minimum Gasteiger partial charge on any atom is -0.481 e. The van der Waals surface area contributed by atoms with E-state index in [1.54, 1.807) is 11.0 Å². The summed E-state index contributed by atoms with van der Waals surface area (Å²) in [6, 6.07) is 15.0. The number of aromatic amines is 1. The minimum absolute atomic E-state index is 0.0254. The van der Waals surface area contributed by atoms with Crippen LogP contribution in [0, 0.1) is 0 Å². The second-order valence-electron chi connectivity index (χ2n) is 6.05. The van der Waals surface area contributed by atoms with Crippen molar-refractivity contribution in [2.24, 2.45) is 0 Å². The van der Waals surface area contributed by atoms with Crippen molar-refractivity contribution in [2.45, 2.75) is 12.3 Å². The number of carboxylic acid groups (broad SMARTS) is 1. The number of fused-ring (bicyclic) bond motifs is 2. The fourth-order valence-corrected chi connectivity index (χ4v) is 3.42. The minimum atomic E-state index is -0.849. The van der Waals surface area contributed by atoms with E-state index in [2.05, 4.69) is 4.98 Å². The van der Waals surface area contributed by atoms with Crippen molar-refractivity contribution in [2.75, 3.05) is 11.4 Å². The molecule has 2 aromatic carbocycles. The van der Waals surface area contributed by atoms with Gasteiger partial charge in [-0.3, -0.25) is 9.59 Å². The van der Waals surface area contributed by atoms with Gasteiger partial charge in [-0.1, -0.05) is 18.2 Å². The maximum Gasteiger partial charge on any atom is 0.304 e. The molecule has 1 aliphatic heterocycles. The summed E-state index contributed by atoms with van der Waals surface area (Å²) in [4.78, 5) is 28.9. The first-order valence-electron chi connectivity index (χ1n) is 7.83. The lowest BCUT2D eigenvalue weighted by Gasteiger charge is -2.18. The van der Waals surface area contributed by atoms with E-state index in [4.69, 9.17) is 5.11 Å². The van der Waals surface area contributed by atoms with Gasteiger partial charge in [-0.05, 0) is 35.9 Å². The van der Waals surface area contributed by atoms with Crippen molar-refractivity contribution < 1.29 is 14.7 Å². The van der Waals surface area contributed by atoms with E-state index < -0.39 is 5.97 Å². The van der Waals surface area contributed by atoms with Crippen LogP contribution >= 0.6 is 0 Å². The first kappa shape index (κ1) is 14.5. The zero-order chi connectivity index (χ0) is 16.7. The number of hydrogen-bond donors (Lipinski definition) is 2. The van der Waals surface area contributed by atoms with Crippen LogP contribution in [0.4, 0.5) is 5.69 Å². The molecule has 0 radical (unpaired) electrons. The molecule has 0 aliphatic carbocycles. The lowest BCUT2D eigenvalue weighted by molar-refractivity contribution is -0.137. The van der Waals surface area contributed by atoms with Gasteiger partial charge in [0.15, 0.2) is 0 Å². The summed E-state index contributed by atoms with van der Waals surface area (Å²) in [6.45, 7) is 0.398. The summed E-state index contributed by atoms with van der Waals surface area (Å²) >= 11 is 0. The largest absolute Gasteiger partial charge is 0.481 e. The standard InChI is InChI=1S/C19H16N2O3/c22-18(23)10-14-11-21(17-4-2-1-3-15(14)17)19(24)13-5-6-16-12(9-13)7-8-20-16/h1-9,14,20H,10-11H2,(H,22,23). The molecular formula is C19H16N2O3. The van der Waals surface area contributed by atoms with Gasteiger partial charge in [-0.15, -0.1) is 0 Å². The second-order valence-corrected chi connectivity index (χ2v) is 6.05. The van der Waals surface area contributed by atoms with Crippen molar-refractivity contribution in [3.63, 3.8) is 0 Å². The van der Waals surface area contributed by atoms with Crippen LogP contribution in [-0.2, 0) is 4.79 Å². The van der Waals surface area contributed by atoms with E-state index in [0.29, 0.717) is 12.1 Å². The number of amides is 1. The van der Waals surface area contributed by atoms with Crippen molar-refractivity contribution >= 4 is 28.5 Å². The third kappa shape index (κ3) is 2.34. The van der Waals surface area contributed by atoms with Crippen molar-refractivity contribution in [1.29, 1.82) is 0 Å². The molecule has 1 aromatic heterocycles. The average Bonchev–Trinajstić information content (AvgIpc) is 3.18. The Morgan fingerprint density at radius 3 is 2.83 bits per heavy atom. The first-order chi connectivity index (χ1) is 11.6. The normalized spacial score (nSPS) is 16.3. The Kier molecular flexibility index (Phi) is 3.34. The molecule has 5 heteroatoms. The third-order valence-corrected chi connectivity index (χ3v) is 4.54. The van der Waals surface area contributed by atoms with Crippen LogP contribution < -0.4 is 4.90 Å². The molecule has 24 heavy (non-hydrogen) atoms. The number of carbonyl (C=O) groups excluding carboxylic acids is 1. The topological polar surface area (TPSA) is 73.4 Å². The smallest absolute Gasteiger partial charge is 0.304 e. The van der Waals surface area contributed by atoms with Crippen LogP contribution in [-0.4, -0.2) is 28.5 Å². The molecule has 1 atom stereocenters. The zero-order valence-corrected chi connectivity index (χ0v) is 12.9. The predicted octanol–water partition coefficient (Wildman–Crippen LogP) is 3.39. The number of hydrogen-bond acceptors (Lipinski definition) is 2. The Morgan fingerprint density at radius 2 is 2.00 bits per heavy atom. The molecule has 4 rings (SSSR count). The number of nitrogens with one attached hydrogen (secondary N) is 1. The molecule has 0 spiro atoms. The number of rotatable bonds is 3. The van der Waals surface area contributed by atoms with E-state index in [-0.39, 0.29) is 18.2 Å². The number of nitrogens with zero attached hydrogens (tertiary/aromatic N) is 1. The van der Waals surface area contributed by atoms with Gasteiger partial charge in [0.2, 0.25) is 0 Å².